The molecule has 23 heavy (non-hydrogen) atoms. The summed E-state index contributed by atoms with van der Waals surface area (Å²) in [5.41, 5.74) is 2.84. The van der Waals surface area contributed by atoms with Crippen LogP contribution in [0.4, 0.5) is 5.69 Å². The molecule has 5 heteroatoms. The lowest BCUT2D eigenvalue weighted by molar-refractivity contribution is 0.0930. The average molecular weight is 312 g/mol. The van der Waals surface area contributed by atoms with E-state index in [1.165, 1.54) is 5.69 Å². The molecule has 1 fully saturated rings. The molecule has 0 atom stereocenters. The van der Waals surface area contributed by atoms with Crippen molar-refractivity contribution in [3.8, 4) is 0 Å². The van der Waals surface area contributed by atoms with E-state index in [1.807, 2.05) is 26.2 Å². The smallest absolute Gasteiger partial charge is 0.254 e. The first kappa shape index (κ1) is 15.6. The number of anilines is 1. The van der Waals surface area contributed by atoms with Crippen molar-refractivity contribution in [1.29, 1.82) is 0 Å². The molecule has 5 nitrogen and oxygen atoms in total. The summed E-state index contributed by atoms with van der Waals surface area (Å²) < 4.78 is 1.71. The lowest BCUT2D eigenvalue weighted by Crippen LogP contribution is -2.44. The van der Waals surface area contributed by atoms with Crippen molar-refractivity contribution in [2.75, 3.05) is 18.0 Å². The fraction of sp³-hybridized carbons (Fsp3) is 0.444. The Morgan fingerprint density at radius 3 is 2.61 bits per heavy atom. The molecule has 1 saturated heterocycles. The number of hydrogen-bond acceptors (Lipinski definition) is 3. The van der Waals surface area contributed by atoms with E-state index in [0.717, 1.165) is 38.0 Å². The van der Waals surface area contributed by atoms with Gasteiger partial charge in [-0.25, -0.2) is 0 Å². The maximum atomic E-state index is 12.5. The van der Waals surface area contributed by atoms with Gasteiger partial charge in [-0.2, -0.15) is 5.10 Å². The monoisotopic (exact) mass is 312 g/mol. The van der Waals surface area contributed by atoms with Gasteiger partial charge in [-0.3, -0.25) is 9.48 Å². The molecule has 1 amide bonds. The predicted octanol–water partition coefficient (Wildman–Crippen LogP) is 2.38. The first-order valence-corrected chi connectivity index (χ1v) is 8.30. The maximum Gasteiger partial charge on any atom is 0.254 e. The largest absolute Gasteiger partial charge is 0.371 e. The summed E-state index contributed by atoms with van der Waals surface area (Å²) in [6, 6.07) is 10.7. The minimum Gasteiger partial charge on any atom is -0.371 e. The van der Waals surface area contributed by atoms with Gasteiger partial charge in [0.1, 0.15) is 0 Å². The van der Waals surface area contributed by atoms with Gasteiger partial charge in [0.25, 0.3) is 5.91 Å². The quantitative estimate of drug-likeness (QED) is 0.943. The van der Waals surface area contributed by atoms with Crippen LogP contribution >= 0.6 is 0 Å². The molecular weight excluding hydrogens is 288 g/mol. The van der Waals surface area contributed by atoms with Crippen LogP contribution < -0.4 is 10.2 Å². The molecule has 0 saturated carbocycles. The number of nitrogens with zero attached hydrogens (tertiary/aromatic N) is 3. The topological polar surface area (TPSA) is 50.2 Å². The minimum absolute atomic E-state index is 0.00751. The van der Waals surface area contributed by atoms with Crippen LogP contribution in [-0.4, -0.2) is 34.8 Å². The van der Waals surface area contributed by atoms with Crippen molar-refractivity contribution in [2.45, 2.75) is 32.2 Å². The Hall–Kier alpha value is -2.30. The zero-order valence-electron chi connectivity index (χ0n) is 13.8. The molecule has 1 aromatic carbocycles. The molecule has 0 radical (unpaired) electrons. The number of benzene rings is 1. The molecule has 0 bridgehead atoms. The van der Waals surface area contributed by atoms with E-state index in [2.05, 4.69) is 39.6 Å². The number of nitrogens with one attached hydrogen (secondary N) is 1. The number of para-hydroxylation sites is 1. The fourth-order valence-electron chi connectivity index (χ4n) is 3.17. The van der Waals surface area contributed by atoms with Gasteiger partial charge in [0, 0.05) is 38.1 Å². The number of carbonyl (C=O) groups is 1. The number of piperidine rings is 1. The number of aryl methyl sites for hydroxylation is 2. The molecule has 1 N–H and O–H groups in total. The highest BCUT2D eigenvalue weighted by Gasteiger charge is 2.23. The minimum atomic E-state index is 0.00751. The molecule has 2 heterocycles. The molecule has 0 unspecified atom stereocenters. The highest BCUT2D eigenvalue weighted by atomic mass is 16.1. The summed E-state index contributed by atoms with van der Waals surface area (Å²) in [6.45, 7) is 3.97. The van der Waals surface area contributed by atoms with Crippen LogP contribution in [-0.2, 0) is 13.5 Å². The molecule has 0 spiro atoms. The third-order valence-electron chi connectivity index (χ3n) is 4.44. The van der Waals surface area contributed by atoms with Crippen molar-refractivity contribution < 1.29 is 4.79 Å². The van der Waals surface area contributed by atoms with Gasteiger partial charge in [0.05, 0.1) is 11.3 Å². The number of aromatic nitrogens is 2. The Labute approximate surface area is 137 Å². The summed E-state index contributed by atoms with van der Waals surface area (Å²) in [7, 11) is 1.86. The van der Waals surface area contributed by atoms with E-state index in [4.69, 9.17) is 0 Å². The van der Waals surface area contributed by atoms with Crippen molar-refractivity contribution >= 4 is 11.6 Å². The zero-order chi connectivity index (χ0) is 16.2. The summed E-state index contributed by atoms with van der Waals surface area (Å²) in [6.07, 6.45) is 4.54. The van der Waals surface area contributed by atoms with Crippen LogP contribution in [0.1, 0.15) is 35.8 Å². The summed E-state index contributed by atoms with van der Waals surface area (Å²) in [5, 5.41) is 7.52. The number of amides is 1. The Kier molecular flexibility index (Phi) is 4.65. The van der Waals surface area contributed by atoms with Crippen molar-refractivity contribution in [2.24, 2.45) is 7.05 Å². The first-order valence-electron chi connectivity index (χ1n) is 8.30. The van der Waals surface area contributed by atoms with E-state index < -0.39 is 0 Å². The standard InChI is InChI=1S/C18H24N4O/c1-3-17-16(13-21(2)20-17)18(23)19-14-9-11-22(12-10-14)15-7-5-4-6-8-15/h4-8,13-14H,3,9-12H2,1-2H3,(H,19,23). The summed E-state index contributed by atoms with van der Waals surface area (Å²) in [4.78, 5) is 14.9. The number of rotatable bonds is 4. The maximum absolute atomic E-state index is 12.5. The molecule has 1 aromatic heterocycles. The molecular formula is C18H24N4O. The molecule has 1 aliphatic rings. The predicted molar refractivity (Wildman–Crippen MR) is 91.7 cm³/mol. The second-order valence-corrected chi connectivity index (χ2v) is 6.09. The van der Waals surface area contributed by atoms with E-state index >= 15 is 0 Å². The highest BCUT2D eigenvalue weighted by molar-refractivity contribution is 5.95. The van der Waals surface area contributed by atoms with Crippen molar-refractivity contribution in [3.05, 3.63) is 47.8 Å². The second kappa shape index (κ2) is 6.86. The van der Waals surface area contributed by atoms with Gasteiger partial charge < -0.3 is 10.2 Å². The Balaban J connectivity index is 1.57. The second-order valence-electron chi connectivity index (χ2n) is 6.09. The zero-order valence-corrected chi connectivity index (χ0v) is 13.8. The number of hydrogen-bond donors (Lipinski definition) is 1. The Morgan fingerprint density at radius 1 is 1.26 bits per heavy atom. The van der Waals surface area contributed by atoms with Gasteiger partial charge >= 0.3 is 0 Å². The molecule has 122 valence electrons. The lowest BCUT2D eigenvalue weighted by atomic mass is 10.0. The fourth-order valence-corrected chi connectivity index (χ4v) is 3.17. The van der Waals surface area contributed by atoms with Gasteiger partial charge in [-0.05, 0) is 31.4 Å². The SMILES string of the molecule is CCc1nn(C)cc1C(=O)NC1CCN(c2ccccc2)CC1. The van der Waals surface area contributed by atoms with Crippen LogP contribution in [0.5, 0.6) is 0 Å². The number of carbonyl (C=O) groups excluding carboxylic acids is 1. The Bertz CT molecular complexity index is 657. The Morgan fingerprint density at radius 2 is 1.96 bits per heavy atom. The van der Waals surface area contributed by atoms with E-state index in [0.29, 0.717) is 5.56 Å². The molecule has 0 aliphatic carbocycles. The van der Waals surface area contributed by atoms with Crippen molar-refractivity contribution in [3.63, 3.8) is 0 Å². The van der Waals surface area contributed by atoms with E-state index in [1.54, 1.807) is 4.68 Å². The van der Waals surface area contributed by atoms with Gasteiger partial charge in [-0.1, -0.05) is 25.1 Å². The van der Waals surface area contributed by atoms with Gasteiger partial charge in [-0.15, -0.1) is 0 Å². The summed E-state index contributed by atoms with van der Waals surface area (Å²) in [5.74, 6) is 0.00751. The molecule has 2 aromatic rings. The average Bonchev–Trinajstić information content (AvgIpc) is 2.97. The highest BCUT2D eigenvalue weighted by Crippen LogP contribution is 2.20. The van der Waals surface area contributed by atoms with E-state index in [9.17, 15) is 4.79 Å². The molecule has 3 rings (SSSR count). The van der Waals surface area contributed by atoms with Gasteiger partial charge in [0.15, 0.2) is 0 Å². The first-order chi connectivity index (χ1) is 11.2. The third kappa shape index (κ3) is 3.55. The van der Waals surface area contributed by atoms with Crippen molar-refractivity contribution in [1.82, 2.24) is 15.1 Å². The van der Waals surface area contributed by atoms with E-state index in [-0.39, 0.29) is 11.9 Å². The van der Waals surface area contributed by atoms with Crippen LogP contribution in [0.2, 0.25) is 0 Å². The summed E-state index contributed by atoms with van der Waals surface area (Å²) >= 11 is 0. The lowest BCUT2D eigenvalue weighted by Gasteiger charge is -2.34. The van der Waals surface area contributed by atoms with Gasteiger partial charge in [0.2, 0.25) is 0 Å². The van der Waals surface area contributed by atoms with Crippen LogP contribution in [0.3, 0.4) is 0 Å². The normalized spacial score (nSPS) is 15.7. The third-order valence-corrected chi connectivity index (χ3v) is 4.44. The molecule has 1 aliphatic heterocycles. The van der Waals surface area contributed by atoms with Crippen LogP contribution in [0, 0.1) is 0 Å². The van der Waals surface area contributed by atoms with Crippen LogP contribution in [0.25, 0.3) is 0 Å². The van der Waals surface area contributed by atoms with Crippen LogP contribution in [0.15, 0.2) is 36.5 Å².